The lowest BCUT2D eigenvalue weighted by Crippen LogP contribution is -2.50. The number of benzene rings is 1. The van der Waals surface area contributed by atoms with Crippen molar-refractivity contribution >= 4 is 17.7 Å². The van der Waals surface area contributed by atoms with Gasteiger partial charge in [-0.25, -0.2) is 9.78 Å². The maximum atomic E-state index is 12.6. The van der Waals surface area contributed by atoms with Crippen molar-refractivity contribution < 1.29 is 19.1 Å². The van der Waals surface area contributed by atoms with Crippen LogP contribution in [-0.2, 0) is 9.53 Å². The van der Waals surface area contributed by atoms with E-state index in [1.54, 1.807) is 13.0 Å². The molecule has 2 heterocycles. The summed E-state index contributed by atoms with van der Waals surface area (Å²) >= 11 is 0. The third-order valence-corrected chi connectivity index (χ3v) is 5.44. The number of amides is 1. The van der Waals surface area contributed by atoms with Crippen molar-refractivity contribution in [2.24, 2.45) is 0 Å². The molecule has 1 fully saturated rings. The molecular weight excluding hydrogens is 394 g/mol. The maximum Gasteiger partial charge on any atom is 0.339 e. The van der Waals surface area contributed by atoms with Gasteiger partial charge in [0.15, 0.2) is 6.61 Å². The summed E-state index contributed by atoms with van der Waals surface area (Å²) in [6.07, 6.45) is 1.53. The van der Waals surface area contributed by atoms with Gasteiger partial charge >= 0.3 is 5.97 Å². The summed E-state index contributed by atoms with van der Waals surface area (Å²) in [6, 6.07) is 9.53. The van der Waals surface area contributed by atoms with Crippen molar-refractivity contribution in [2.45, 2.75) is 33.6 Å². The number of carbonyl (C=O) groups is 2. The highest BCUT2D eigenvalue weighted by Gasteiger charge is 2.22. The molecule has 3 rings (SSSR count). The molecule has 166 valence electrons. The van der Waals surface area contributed by atoms with Gasteiger partial charge in [0, 0.05) is 32.4 Å². The molecule has 1 aromatic carbocycles. The first-order valence-corrected chi connectivity index (χ1v) is 10.8. The molecule has 31 heavy (non-hydrogen) atoms. The van der Waals surface area contributed by atoms with E-state index in [9.17, 15) is 9.59 Å². The van der Waals surface area contributed by atoms with E-state index in [1.165, 1.54) is 17.3 Å². The first-order chi connectivity index (χ1) is 14.9. The maximum absolute atomic E-state index is 12.6. The Balaban J connectivity index is 1.48. The van der Waals surface area contributed by atoms with E-state index in [1.807, 2.05) is 23.1 Å². The number of pyridine rings is 1. The molecular formula is C24H31N3O4. The highest BCUT2D eigenvalue weighted by molar-refractivity contribution is 5.89. The Morgan fingerprint density at radius 3 is 2.42 bits per heavy atom. The van der Waals surface area contributed by atoms with E-state index in [4.69, 9.17) is 9.47 Å². The van der Waals surface area contributed by atoms with Gasteiger partial charge in [0.2, 0.25) is 0 Å². The third kappa shape index (κ3) is 5.75. The number of aryl methyl sites for hydroxylation is 1. The fraction of sp³-hybridized carbons (Fsp3) is 0.458. The molecule has 7 heteroatoms. The van der Waals surface area contributed by atoms with Crippen LogP contribution in [0.25, 0.3) is 0 Å². The van der Waals surface area contributed by atoms with Gasteiger partial charge in [0.25, 0.3) is 5.91 Å². The van der Waals surface area contributed by atoms with Gasteiger partial charge in [-0.3, -0.25) is 4.79 Å². The average molecular weight is 426 g/mol. The summed E-state index contributed by atoms with van der Waals surface area (Å²) in [4.78, 5) is 32.6. The Labute approximate surface area is 184 Å². The lowest BCUT2D eigenvalue weighted by molar-refractivity contribution is -0.133. The number of nitrogens with zero attached hydrogens (tertiary/aromatic N) is 3. The van der Waals surface area contributed by atoms with Crippen LogP contribution in [0.3, 0.4) is 0 Å². The number of esters is 1. The molecule has 0 spiro atoms. The SMILES string of the molecule is CCOC(=O)c1ccc(N2CCN(C(=O)COc3ccc(C(C)C)c(C)c3)CC2)nc1. The fourth-order valence-electron chi connectivity index (χ4n) is 3.72. The fourth-order valence-corrected chi connectivity index (χ4v) is 3.72. The normalized spacial score (nSPS) is 14.0. The van der Waals surface area contributed by atoms with Crippen LogP contribution in [-0.4, -0.2) is 61.2 Å². The van der Waals surface area contributed by atoms with Crippen molar-refractivity contribution in [2.75, 3.05) is 44.3 Å². The second-order valence-electron chi connectivity index (χ2n) is 7.96. The highest BCUT2D eigenvalue weighted by Crippen LogP contribution is 2.23. The molecule has 7 nitrogen and oxygen atoms in total. The summed E-state index contributed by atoms with van der Waals surface area (Å²) in [6.45, 7) is 11.1. The Morgan fingerprint density at radius 2 is 1.84 bits per heavy atom. The molecule has 0 aliphatic carbocycles. The Bertz CT molecular complexity index is 904. The molecule has 1 aliphatic rings. The van der Waals surface area contributed by atoms with Crippen molar-refractivity contribution in [3.63, 3.8) is 0 Å². The van der Waals surface area contributed by atoms with Gasteiger partial charge in [-0.1, -0.05) is 19.9 Å². The van der Waals surface area contributed by atoms with Gasteiger partial charge in [0.1, 0.15) is 11.6 Å². The smallest absolute Gasteiger partial charge is 0.339 e. The molecule has 0 saturated carbocycles. The van der Waals surface area contributed by atoms with Crippen LogP contribution in [0.15, 0.2) is 36.5 Å². The molecule has 1 aromatic heterocycles. The highest BCUT2D eigenvalue weighted by atomic mass is 16.5. The van der Waals surface area contributed by atoms with Crippen LogP contribution in [0, 0.1) is 6.92 Å². The van der Waals surface area contributed by atoms with E-state index in [-0.39, 0.29) is 18.5 Å². The van der Waals surface area contributed by atoms with E-state index in [2.05, 4.69) is 36.7 Å². The van der Waals surface area contributed by atoms with Gasteiger partial charge in [-0.15, -0.1) is 0 Å². The molecule has 0 atom stereocenters. The number of hydrogen-bond donors (Lipinski definition) is 0. The standard InChI is InChI=1S/C24H31N3O4/c1-5-30-24(29)19-6-9-22(25-15-19)26-10-12-27(13-11-26)23(28)16-31-20-7-8-21(17(2)3)18(4)14-20/h6-9,14-15,17H,5,10-13,16H2,1-4H3. The van der Waals surface area contributed by atoms with Crippen molar-refractivity contribution in [1.29, 1.82) is 0 Å². The number of anilines is 1. The minimum atomic E-state index is -0.369. The Morgan fingerprint density at radius 1 is 1.10 bits per heavy atom. The summed E-state index contributed by atoms with van der Waals surface area (Å²) in [5, 5.41) is 0. The monoisotopic (exact) mass is 425 g/mol. The van der Waals surface area contributed by atoms with Crippen LogP contribution in [0.2, 0.25) is 0 Å². The molecule has 0 unspecified atom stereocenters. The zero-order valence-corrected chi connectivity index (χ0v) is 18.8. The first-order valence-electron chi connectivity index (χ1n) is 10.8. The molecule has 1 aliphatic heterocycles. The lowest BCUT2D eigenvalue weighted by atomic mass is 9.98. The Hall–Kier alpha value is -3.09. The zero-order valence-electron chi connectivity index (χ0n) is 18.8. The van der Waals surface area contributed by atoms with Crippen LogP contribution in [0.1, 0.15) is 48.2 Å². The second-order valence-corrected chi connectivity index (χ2v) is 7.96. The van der Waals surface area contributed by atoms with Crippen LogP contribution in [0.5, 0.6) is 5.75 Å². The summed E-state index contributed by atoms with van der Waals surface area (Å²) < 4.78 is 10.7. The lowest BCUT2D eigenvalue weighted by Gasteiger charge is -2.35. The van der Waals surface area contributed by atoms with E-state index >= 15 is 0 Å². The number of piperazine rings is 1. The van der Waals surface area contributed by atoms with Crippen LogP contribution >= 0.6 is 0 Å². The number of hydrogen-bond acceptors (Lipinski definition) is 6. The quantitative estimate of drug-likeness (QED) is 0.633. The van der Waals surface area contributed by atoms with Gasteiger partial charge < -0.3 is 19.3 Å². The number of aromatic nitrogens is 1. The van der Waals surface area contributed by atoms with Crippen LogP contribution in [0.4, 0.5) is 5.82 Å². The molecule has 0 bridgehead atoms. The first kappa shape index (κ1) is 22.6. The minimum Gasteiger partial charge on any atom is -0.484 e. The molecule has 0 radical (unpaired) electrons. The van der Waals surface area contributed by atoms with Gasteiger partial charge in [-0.05, 0) is 55.2 Å². The van der Waals surface area contributed by atoms with Crippen molar-refractivity contribution in [1.82, 2.24) is 9.88 Å². The minimum absolute atomic E-state index is 0.0177. The predicted octanol–water partition coefficient (Wildman–Crippen LogP) is 3.42. The van der Waals surface area contributed by atoms with E-state index in [0.29, 0.717) is 44.3 Å². The second kappa shape index (κ2) is 10.3. The van der Waals surface area contributed by atoms with E-state index < -0.39 is 0 Å². The van der Waals surface area contributed by atoms with Gasteiger partial charge in [0.05, 0.1) is 12.2 Å². The zero-order chi connectivity index (χ0) is 22.4. The molecule has 2 aromatic rings. The Kier molecular flexibility index (Phi) is 7.50. The predicted molar refractivity (Wildman–Crippen MR) is 120 cm³/mol. The number of carbonyl (C=O) groups excluding carboxylic acids is 2. The third-order valence-electron chi connectivity index (χ3n) is 5.44. The van der Waals surface area contributed by atoms with Crippen molar-refractivity contribution in [3.8, 4) is 5.75 Å². The van der Waals surface area contributed by atoms with E-state index in [0.717, 1.165) is 11.6 Å². The molecule has 0 N–H and O–H groups in total. The topological polar surface area (TPSA) is 72.0 Å². The number of rotatable bonds is 7. The largest absolute Gasteiger partial charge is 0.484 e. The summed E-state index contributed by atoms with van der Waals surface area (Å²) in [5.41, 5.74) is 2.90. The molecule has 1 amide bonds. The van der Waals surface area contributed by atoms with Crippen molar-refractivity contribution in [3.05, 3.63) is 53.2 Å². The van der Waals surface area contributed by atoms with Crippen LogP contribution < -0.4 is 9.64 Å². The summed E-state index contributed by atoms with van der Waals surface area (Å²) in [7, 11) is 0. The summed E-state index contributed by atoms with van der Waals surface area (Å²) in [5.74, 6) is 1.58. The average Bonchev–Trinajstić information content (AvgIpc) is 2.77. The molecule has 1 saturated heterocycles. The van der Waals surface area contributed by atoms with Gasteiger partial charge in [-0.2, -0.15) is 0 Å². The number of ether oxygens (including phenoxy) is 2.